The normalized spacial score (nSPS) is 10.8. The molecule has 4 rings (SSSR count). The van der Waals surface area contributed by atoms with Gasteiger partial charge in [0.15, 0.2) is 0 Å². The first-order valence-electron chi connectivity index (χ1n) is 9.56. The maximum Gasteiger partial charge on any atom is 0.234 e. The van der Waals surface area contributed by atoms with Crippen molar-refractivity contribution in [3.05, 3.63) is 76.9 Å². The Balaban J connectivity index is 1.40. The molecule has 0 aliphatic rings. The van der Waals surface area contributed by atoms with Gasteiger partial charge in [-0.25, -0.2) is 4.98 Å². The Hall–Kier alpha value is -2.74. The highest BCUT2D eigenvalue weighted by Gasteiger charge is 2.13. The van der Waals surface area contributed by atoms with Crippen LogP contribution in [0.2, 0.25) is 5.02 Å². The zero-order valence-electron chi connectivity index (χ0n) is 16.9. The smallest absolute Gasteiger partial charge is 0.234 e. The lowest BCUT2D eigenvalue weighted by Gasteiger charge is -2.09. The minimum Gasteiger partial charge on any atom is -0.325 e. The molecule has 0 saturated carbocycles. The average Bonchev–Trinajstić information content (AvgIpc) is 3.18. The Labute approximate surface area is 193 Å². The van der Waals surface area contributed by atoms with Crippen LogP contribution in [0.4, 0.5) is 5.69 Å². The highest BCUT2D eigenvalue weighted by Crippen LogP contribution is 2.34. The quantitative estimate of drug-likeness (QED) is 0.339. The number of carbonyl (C=O) groups excluding carboxylic acids is 1. The molecule has 1 N–H and O–H groups in total. The van der Waals surface area contributed by atoms with E-state index in [9.17, 15) is 4.79 Å². The third-order valence-electron chi connectivity index (χ3n) is 4.58. The Morgan fingerprint density at radius 3 is 2.58 bits per heavy atom. The van der Waals surface area contributed by atoms with Gasteiger partial charge in [-0.3, -0.25) is 4.79 Å². The molecule has 0 unspecified atom stereocenters. The van der Waals surface area contributed by atoms with E-state index in [1.165, 1.54) is 11.8 Å². The molecule has 0 aliphatic carbocycles. The molecule has 0 aliphatic heterocycles. The van der Waals surface area contributed by atoms with Crippen LogP contribution >= 0.6 is 34.7 Å². The summed E-state index contributed by atoms with van der Waals surface area (Å²) in [5.74, 6) is 0.115. The van der Waals surface area contributed by atoms with Crippen molar-refractivity contribution in [1.82, 2.24) is 15.2 Å². The van der Waals surface area contributed by atoms with E-state index in [0.29, 0.717) is 10.0 Å². The van der Waals surface area contributed by atoms with Crippen LogP contribution in [-0.2, 0) is 4.79 Å². The largest absolute Gasteiger partial charge is 0.325 e. The molecule has 2 heterocycles. The van der Waals surface area contributed by atoms with Gasteiger partial charge in [-0.1, -0.05) is 59.8 Å². The fraction of sp³-hybridized carbons (Fsp3) is 0.130. The third-order valence-corrected chi connectivity index (χ3v) is 7.14. The molecule has 0 spiro atoms. The van der Waals surface area contributed by atoms with E-state index in [1.807, 2.05) is 68.4 Å². The molecule has 4 aromatic rings. The maximum absolute atomic E-state index is 12.3. The van der Waals surface area contributed by atoms with Gasteiger partial charge in [0, 0.05) is 16.3 Å². The molecule has 0 saturated heterocycles. The van der Waals surface area contributed by atoms with Gasteiger partial charge in [-0.2, -0.15) is 0 Å². The topological polar surface area (TPSA) is 67.8 Å². The molecular weight excluding hydrogens is 448 g/mol. The van der Waals surface area contributed by atoms with E-state index in [1.54, 1.807) is 17.4 Å². The molecule has 156 valence electrons. The van der Waals surface area contributed by atoms with Gasteiger partial charge in [0.2, 0.25) is 5.91 Å². The summed E-state index contributed by atoms with van der Waals surface area (Å²) in [7, 11) is 0. The summed E-state index contributed by atoms with van der Waals surface area (Å²) >= 11 is 9.04. The lowest BCUT2D eigenvalue weighted by molar-refractivity contribution is -0.113. The summed E-state index contributed by atoms with van der Waals surface area (Å²) in [6, 6.07) is 19.3. The van der Waals surface area contributed by atoms with Gasteiger partial charge >= 0.3 is 0 Å². The minimum atomic E-state index is -0.118. The summed E-state index contributed by atoms with van der Waals surface area (Å²) in [6.07, 6.45) is 0. The second kappa shape index (κ2) is 9.60. The monoisotopic (exact) mass is 466 g/mol. The second-order valence-electron chi connectivity index (χ2n) is 6.81. The van der Waals surface area contributed by atoms with Crippen LogP contribution in [0.1, 0.15) is 11.3 Å². The number of aryl methyl sites for hydroxylation is 1. The van der Waals surface area contributed by atoms with E-state index < -0.39 is 0 Å². The first kappa shape index (κ1) is 21.5. The SMILES string of the molecule is Cc1nc(-c2ccccc2)sc1-c1ccc(SCC(=O)Nc2cccc(Cl)c2C)nn1. The summed E-state index contributed by atoms with van der Waals surface area (Å²) in [5, 5.41) is 13.8. The van der Waals surface area contributed by atoms with Crippen molar-refractivity contribution in [3.63, 3.8) is 0 Å². The molecular formula is C23H19ClN4OS2. The van der Waals surface area contributed by atoms with Gasteiger partial charge in [0.1, 0.15) is 15.7 Å². The van der Waals surface area contributed by atoms with Gasteiger partial charge in [0.05, 0.1) is 16.3 Å². The number of benzene rings is 2. The van der Waals surface area contributed by atoms with Crippen LogP contribution in [0.15, 0.2) is 65.7 Å². The molecule has 2 aromatic carbocycles. The number of amides is 1. The molecule has 0 bridgehead atoms. The molecule has 0 atom stereocenters. The summed E-state index contributed by atoms with van der Waals surface area (Å²) < 4.78 is 0. The minimum absolute atomic E-state index is 0.118. The van der Waals surface area contributed by atoms with Crippen LogP contribution in [0.5, 0.6) is 0 Å². The predicted molar refractivity (Wildman–Crippen MR) is 129 cm³/mol. The van der Waals surface area contributed by atoms with Crippen molar-refractivity contribution >= 4 is 46.3 Å². The van der Waals surface area contributed by atoms with E-state index in [4.69, 9.17) is 11.6 Å². The van der Waals surface area contributed by atoms with Crippen molar-refractivity contribution in [2.75, 3.05) is 11.1 Å². The summed E-state index contributed by atoms with van der Waals surface area (Å²) in [6.45, 7) is 3.85. The first-order chi connectivity index (χ1) is 15.0. The Morgan fingerprint density at radius 2 is 1.84 bits per heavy atom. The van der Waals surface area contributed by atoms with Crippen LogP contribution < -0.4 is 5.32 Å². The van der Waals surface area contributed by atoms with Crippen molar-refractivity contribution in [2.45, 2.75) is 18.9 Å². The molecule has 2 aromatic heterocycles. The molecule has 0 radical (unpaired) electrons. The predicted octanol–water partition coefficient (Wildman–Crippen LogP) is 6.27. The number of aromatic nitrogens is 3. The molecule has 8 heteroatoms. The van der Waals surface area contributed by atoms with Gasteiger partial charge in [-0.05, 0) is 43.7 Å². The number of rotatable bonds is 6. The number of hydrogen-bond acceptors (Lipinski definition) is 6. The number of thioether (sulfide) groups is 1. The van der Waals surface area contributed by atoms with Crippen molar-refractivity contribution in [2.24, 2.45) is 0 Å². The number of nitrogens with zero attached hydrogens (tertiary/aromatic N) is 3. The van der Waals surface area contributed by atoms with Crippen LogP contribution in [0, 0.1) is 13.8 Å². The van der Waals surface area contributed by atoms with Crippen molar-refractivity contribution < 1.29 is 4.79 Å². The van der Waals surface area contributed by atoms with Gasteiger partial charge in [0.25, 0.3) is 0 Å². The summed E-state index contributed by atoms with van der Waals surface area (Å²) in [5.41, 5.74) is 4.36. The lowest BCUT2D eigenvalue weighted by atomic mass is 10.2. The fourth-order valence-corrected chi connectivity index (χ4v) is 4.75. The standard InChI is InChI=1S/C23H19ClN4OS2/c1-14-17(24)9-6-10-18(14)26-20(29)13-30-21-12-11-19(27-28-21)22-15(2)25-23(31-22)16-7-4-3-5-8-16/h3-12H,13H2,1-2H3,(H,26,29). The first-order valence-corrected chi connectivity index (χ1v) is 11.7. The van der Waals surface area contributed by atoms with Crippen LogP contribution in [0.25, 0.3) is 21.1 Å². The number of halogens is 1. The maximum atomic E-state index is 12.3. The van der Waals surface area contributed by atoms with E-state index in [2.05, 4.69) is 20.5 Å². The van der Waals surface area contributed by atoms with Gasteiger partial charge in [-0.15, -0.1) is 21.5 Å². The Morgan fingerprint density at radius 1 is 1.03 bits per heavy atom. The van der Waals surface area contributed by atoms with Crippen LogP contribution in [-0.4, -0.2) is 26.8 Å². The van der Waals surface area contributed by atoms with E-state index in [0.717, 1.165) is 38.1 Å². The number of nitrogens with one attached hydrogen (secondary N) is 1. The lowest BCUT2D eigenvalue weighted by Crippen LogP contribution is -2.15. The van der Waals surface area contributed by atoms with Crippen LogP contribution in [0.3, 0.4) is 0 Å². The zero-order valence-corrected chi connectivity index (χ0v) is 19.3. The van der Waals surface area contributed by atoms with E-state index >= 15 is 0 Å². The third kappa shape index (κ3) is 5.12. The van der Waals surface area contributed by atoms with Crippen molar-refractivity contribution in [3.8, 4) is 21.1 Å². The number of anilines is 1. The highest BCUT2D eigenvalue weighted by atomic mass is 35.5. The number of thiazole rings is 1. The fourth-order valence-electron chi connectivity index (χ4n) is 2.93. The summed E-state index contributed by atoms with van der Waals surface area (Å²) in [4.78, 5) is 18.0. The van der Waals surface area contributed by atoms with E-state index in [-0.39, 0.29) is 11.7 Å². The molecule has 0 fully saturated rings. The molecule has 5 nitrogen and oxygen atoms in total. The number of carbonyl (C=O) groups is 1. The van der Waals surface area contributed by atoms with Crippen molar-refractivity contribution in [1.29, 1.82) is 0 Å². The second-order valence-corrected chi connectivity index (χ2v) is 9.21. The molecule has 1 amide bonds. The number of hydrogen-bond donors (Lipinski definition) is 1. The zero-order chi connectivity index (χ0) is 21.8. The Kier molecular flexibility index (Phi) is 6.65. The highest BCUT2D eigenvalue weighted by molar-refractivity contribution is 7.99. The Bertz CT molecular complexity index is 1210. The molecule has 31 heavy (non-hydrogen) atoms. The van der Waals surface area contributed by atoms with Gasteiger partial charge < -0.3 is 5.32 Å². The average molecular weight is 467 g/mol.